The molecule has 4 rings (SSSR count). The van der Waals surface area contributed by atoms with Crippen LogP contribution in [0.4, 0.5) is 5.13 Å². The summed E-state index contributed by atoms with van der Waals surface area (Å²) in [4.78, 5) is 6.51. The number of anilines is 1. The van der Waals surface area contributed by atoms with Crippen molar-refractivity contribution in [1.82, 2.24) is 10.3 Å². The van der Waals surface area contributed by atoms with Gasteiger partial charge in [0.2, 0.25) is 0 Å². The average molecular weight is 412 g/mol. The van der Waals surface area contributed by atoms with E-state index in [2.05, 4.69) is 10.3 Å². The smallest absolute Gasteiger partial charge is 0.192 e. The molecule has 2 atom stereocenters. The lowest BCUT2D eigenvalue weighted by atomic mass is 10.1. The number of hydrogen-bond acceptors (Lipinski definition) is 7. The highest BCUT2D eigenvalue weighted by molar-refractivity contribution is 7.91. The van der Waals surface area contributed by atoms with Crippen LogP contribution in [-0.4, -0.2) is 56.3 Å². The van der Waals surface area contributed by atoms with Gasteiger partial charge in [-0.1, -0.05) is 0 Å². The van der Waals surface area contributed by atoms with Gasteiger partial charge in [-0.05, 0) is 30.4 Å². The Balaban J connectivity index is 1.65. The minimum atomic E-state index is -3.05. The van der Waals surface area contributed by atoms with Crippen LogP contribution in [-0.2, 0) is 9.84 Å². The number of rotatable bonds is 4. The van der Waals surface area contributed by atoms with E-state index in [1.54, 1.807) is 14.2 Å². The molecule has 1 aromatic heterocycles. The Labute approximate surface area is 160 Å². The molecular weight excluding hydrogens is 394 g/mol. The third-order valence-electron chi connectivity index (χ3n) is 4.56. The minimum absolute atomic E-state index is 0.0933. The van der Waals surface area contributed by atoms with Crippen molar-refractivity contribution in [3.05, 3.63) is 23.6 Å². The van der Waals surface area contributed by atoms with Gasteiger partial charge in [-0.25, -0.2) is 13.4 Å². The summed E-state index contributed by atoms with van der Waals surface area (Å²) in [7, 11) is 0.126. The third kappa shape index (κ3) is 2.91. The van der Waals surface area contributed by atoms with Gasteiger partial charge in [-0.2, -0.15) is 0 Å². The van der Waals surface area contributed by atoms with Gasteiger partial charge in [-0.3, -0.25) is 4.90 Å². The lowest BCUT2D eigenvalue weighted by molar-refractivity contribution is 0.355. The molecule has 138 valence electrons. The Morgan fingerprint density at radius 3 is 2.77 bits per heavy atom. The maximum absolute atomic E-state index is 11.9. The Bertz CT molecular complexity index is 973. The van der Waals surface area contributed by atoms with Crippen LogP contribution < -0.4 is 19.7 Å². The number of ether oxygens (including phenoxy) is 2. The maximum Gasteiger partial charge on any atom is 0.192 e. The van der Waals surface area contributed by atoms with Crippen molar-refractivity contribution >= 4 is 43.6 Å². The second-order valence-electron chi connectivity index (χ2n) is 6.16. The fourth-order valence-corrected chi connectivity index (χ4v) is 6.55. The summed E-state index contributed by atoms with van der Waals surface area (Å²) < 4.78 is 34.5. The first-order valence-corrected chi connectivity index (χ1v) is 11.0. The van der Waals surface area contributed by atoms with Gasteiger partial charge in [0.05, 0.1) is 43.5 Å². The molecular formula is C16H17N3O4S3. The van der Waals surface area contributed by atoms with Crippen LogP contribution in [0.5, 0.6) is 11.5 Å². The predicted octanol–water partition coefficient (Wildman–Crippen LogP) is 1.69. The largest absolute Gasteiger partial charge is 0.493 e. The van der Waals surface area contributed by atoms with E-state index in [4.69, 9.17) is 21.7 Å². The number of methoxy groups -OCH3 is 2. The number of benzene rings is 1. The van der Waals surface area contributed by atoms with Gasteiger partial charge in [0.1, 0.15) is 0 Å². The predicted molar refractivity (Wildman–Crippen MR) is 105 cm³/mol. The van der Waals surface area contributed by atoms with Crippen LogP contribution >= 0.6 is 23.6 Å². The molecule has 2 aliphatic heterocycles. The van der Waals surface area contributed by atoms with E-state index >= 15 is 0 Å². The standard InChI is InChI=1S/C16H17N3O4S3/c1-22-13-4-3-9(5-14(13)23-2)10-6-25-16(18-10)19-12-8-26(20,21)7-11(12)17-15(19)24/h3-6,11-12H,7-8H2,1-2H3,(H,17,24)/t11-,12-/m0/s1. The van der Waals surface area contributed by atoms with Crippen LogP contribution in [0.15, 0.2) is 23.6 Å². The molecule has 7 nitrogen and oxygen atoms in total. The minimum Gasteiger partial charge on any atom is -0.493 e. The quantitative estimate of drug-likeness (QED) is 0.762. The lowest BCUT2D eigenvalue weighted by Crippen LogP contribution is -2.36. The number of thiocarbonyl (C=S) groups is 1. The molecule has 26 heavy (non-hydrogen) atoms. The van der Waals surface area contributed by atoms with Gasteiger partial charge in [-0.15, -0.1) is 11.3 Å². The summed E-state index contributed by atoms with van der Waals surface area (Å²) in [6, 6.07) is 5.23. The van der Waals surface area contributed by atoms with E-state index in [9.17, 15) is 8.42 Å². The van der Waals surface area contributed by atoms with Gasteiger partial charge in [0.25, 0.3) is 0 Å². The molecule has 0 saturated carbocycles. The molecule has 2 aromatic rings. The molecule has 1 N–H and O–H groups in total. The Morgan fingerprint density at radius 2 is 2.04 bits per heavy atom. The fourth-order valence-electron chi connectivity index (χ4n) is 3.33. The number of aromatic nitrogens is 1. The molecule has 2 fully saturated rings. The molecule has 0 spiro atoms. The van der Waals surface area contributed by atoms with Crippen LogP contribution in [0.2, 0.25) is 0 Å². The second-order valence-corrected chi connectivity index (χ2v) is 9.53. The summed E-state index contributed by atoms with van der Waals surface area (Å²) in [5.41, 5.74) is 1.66. The molecule has 0 aliphatic carbocycles. The highest BCUT2D eigenvalue weighted by Gasteiger charge is 2.48. The summed E-state index contributed by atoms with van der Waals surface area (Å²) in [6.45, 7) is 0. The molecule has 3 heterocycles. The average Bonchev–Trinajstić information content (AvgIpc) is 3.26. The van der Waals surface area contributed by atoms with Crippen LogP contribution in [0.1, 0.15) is 0 Å². The zero-order chi connectivity index (χ0) is 18.5. The van der Waals surface area contributed by atoms with Crippen LogP contribution in [0.3, 0.4) is 0 Å². The van der Waals surface area contributed by atoms with E-state index in [0.717, 1.165) is 11.3 Å². The number of hydrogen-bond donors (Lipinski definition) is 1. The van der Waals surface area contributed by atoms with Gasteiger partial charge >= 0.3 is 0 Å². The molecule has 2 aliphatic rings. The highest BCUT2D eigenvalue weighted by atomic mass is 32.2. The van der Waals surface area contributed by atoms with Crippen molar-refractivity contribution in [3.8, 4) is 22.8 Å². The third-order valence-corrected chi connectivity index (χ3v) is 7.43. The van der Waals surface area contributed by atoms with E-state index in [1.165, 1.54) is 11.3 Å². The van der Waals surface area contributed by atoms with Gasteiger partial charge < -0.3 is 14.8 Å². The molecule has 0 amide bonds. The molecule has 2 saturated heterocycles. The SMILES string of the molecule is COc1ccc(-c2csc(N3C(=S)N[C@H]4CS(=O)(=O)C[C@@H]43)n2)cc1OC. The van der Waals surface area contributed by atoms with E-state index in [0.29, 0.717) is 21.7 Å². The fraction of sp³-hybridized carbons (Fsp3) is 0.375. The second kappa shape index (κ2) is 6.36. The van der Waals surface area contributed by atoms with Gasteiger partial charge in [0, 0.05) is 10.9 Å². The number of sulfone groups is 1. The molecule has 1 aromatic carbocycles. The van der Waals surface area contributed by atoms with Crippen molar-refractivity contribution in [2.45, 2.75) is 12.1 Å². The van der Waals surface area contributed by atoms with Crippen molar-refractivity contribution in [1.29, 1.82) is 0 Å². The lowest BCUT2D eigenvalue weighted by Gasteiger charge is -2.19. The van der Waals surface area contributed by atoms with E-state index in [1.807, 2.05) is 28.5 Å². The molecule has 0 radical (unpaired) electrons. The Morgan fingerprint density at radius 1 is 1.27 bits per heavy atom. The van der Waals surface area contributed by atoms with E-state index in [-0.39, 0.29) is 23.6 Å². The first-order valence-electron chi connectivity index (χ1n) is 7.90. The summed E-state index contributed by atoms with van der Waals surface area (Å²) in [5, 5.41) is 6.26. The summed E-state index contributed by atoms with van der Waals surface area (Å²) in [6.07, 6.45) is 0. The van der Waals surface area contributed by atoms with E-state index < -0.39 is 9.84 Å². The molecule has 0 unspecified atom stereocenters. The molecule has 0 bridgehead atoms. The highest BCUT2D eigenvalue weighted by Crippen LogP contribution is 2.36. The first-order chi connectivity index (χ1) is 12.4. The van der Waals surface area contributed by atoms with Crippen molar-refractivity contribution in [2.24, 2.45) is 0 Å². The first kappa shape index (κ1) is 17.5. The zero-order valence-electron chi connectivity index (χ0n) is 14.1. The van der Waals surface area contributed by atoms with Crippen molar-refractivity contribution in [2.75, 3.05) is 30.6 Å². The Hall–Kier alpha value is -1.91. The number of nitrogens with zero attached hydrogens (tertiary/aromatic N) is 2. The summed E-state index contributed by atoms with van der Waals surface area (Å²) >= 11 is 6.84. The maximum atomic E-state index is 11.9. The number of thiazole rings is 1. The monoisotopic (exact) mass is 411 g/mol. The number of fused-ring (bicyclic) bond motifs is 1. The van der Waals surface area contributed by atoms with Crippen molar-refractivity contribution in [3.63, 3.8) is 0 Å². The van der Waals surface area contributed by atoms with Crippen LogP contribution in [0.25, 0.3) is 11.3 Å². The summed E-state index contributed by atoms with van der Waals surface area (Å²) in [5.74, 6) is 1.48. The zero-order valence-corrected chi connectivity index (χ0v) is 16.6. The Kier molecular flexibility index (Phi) is 4.28. The van der Waals surface area contributed by atoms with Crippen LogP contribution in [0, 0.1) is 0 Å². The van der Waals surface area contributed by atoms with Crippen molar-refractivity contribution < 1.29 is 17.9 Å². The van der Waals surface area contributed by atoms with Gasteiger partial charge in [0.15, 0.2) is 31.6 Å². The topological polar surface area (TPSA) is 80.8 Å². The molecule has 10 heteroatoms. The normalized spacial score (nSPS) is 23.6. The number of nitrogens with one attached hydrogen (secondary N) is 1.